The van der Waals surface area contributed by atoms with E-state index >= 15 is 0 Å². The average molecular weight is 434 g/mol. The maximum absolute atomic E-state index is 12.7. The van der Waals surface area contributed by atoms with Crippen LogP contribution in [0.3, 0.4) is 0 Å². The molecule has 0 fully saturated rings. The molecule has 150 valence electrons. The fraction of sp³-hybridized carbons (Fsp3) is 0.238. The molecule has 0 atom stereocenters. The van der Waals surface area contributed by atoms with Crippen molar-refractivity contribution >= 4 is 52.5 Å². The minimum Gasteiger partial charge on any atom is -0.454 e. The van der Waals surface area contributed by atoms with Crippen LogP contribution >= 0.6 is 23.2 Å². The highest BCUT2D eigenvalue weighted by molar-refractivity contribution is 6.44. The number of imide groups is 1. The highest BCUT2D eigenvalue weighted by Crippen LogP contribution is 2.34. The summed E-state index contributed by atoms with van der Waals surface area (Å²) in [6.07, 6.45) is 0. The largest absolute Gasteiger partial charge is 0.454 e. The van der Waals surface area contributed by atoms with Crippen LogP contribution in [0.25, 0.3) is 0 Å². The van der Waals surface area contributed by atoms with Crippen molar-refractivity contribution in [2.24, 2.45) is 5.41 Å². The fourth-order valence-electron chi connectivity index (χ4n) is 2.67. The zero-order valence-corrected chi connectivity index (χ0v) is 17.4. The molecule has 0 bridgehead atoms. The van der Waals surface area contributed by atoms with Crippen LogP contribution in [0.2, 0.25) is 10.0 Å². The van der Waals surface area contributed by atoms with E-state index in [4.69, 9.17) is 27.9 Å². The highest BCUT2D eigenvalue weighted by atomic mass is 35.5. The second-order valence-corrected chi connectivity index (χ2v) is 8.37. The van der Waals surface area contributed by atoms with Crippen molar-refractivity contribution < 1.29 is 23.9 Å². The number of amides is 2. The van der Waals surface area contributed by atoms with E-state index in [9.17, 15) is 19.2 Å². The summed E-state index contributed by atoms with van der Waals surface area (Å²) in [5.41, 5.74) is -0.0663. The molecule has 2 amide bonds. The maximum atomic E-state index is 12.7. The molecule has 1 aliphatic rings. The molecule has 2 aromatic rings. The van der Waals surface area contributed by atoms with Gasteiger partial charge >= 0.3 is 5.97 Å². The van der Waals surface area contributed by atoms with Crippen LogP contribution in [0.15, 0.2) is 36.4 Å². The van der Waals surface area contributed by atoms with Gasteiger partial charge < -0.3 is 4.74 Å². The van der Waals surface area contributed by atoms with Gasteiger partial charge in [-0.1, -0.05) is 50.0 Å². The number of Topliss-reactive ketones (excluding diaryl/α,β-unsaturated/α-hetero) is 1. The number of carbonyl (C=O) groups is 4. The summed E-state index contributed by atoms with van der Waals surface area (Å²) in [6.45, 7) is 4.82. The van der Waals surface area contributed by atoms with Crippen molar-refractivity contribution in [3.63, 3.8) is 0 Å². The second-order valence-electron chi connectivity index (χ2n) is 7.56. The molecular formula is C21H17Cl2NO5. The van der Waals surface area contributed by atoms with Gasteiger partial charge in [0.2, 0.25) is 0 Å². The summed E-state index contributed by atoms with van der Waals surface area (Å²) in [6, 6.07) is 8.54. The molecule has 0 spiro atoms. The van der Waals surface area contributed by atoms with Gasteiger partial charge in [0.05, 0.1) is 32.4 Å². The number of hydrogen-bond acceptors (Lipinski definition) is 5. The van der Waals surface area contributed by atoms with Crippen LogP contribution < -0.4 is 4.90 Å². The van der Waals surface area contributed by atoms with Crippen molar-refractivity contribution in [2.75, 3.05) is 11.5 Å². The highest BCUT2D eigenvalue weighted by Gasteiger charge is 2.37. The van der Waals surface area contributed by atoms with Gasteiger partial charge in [-0.15, -0.1) is 0 Å². The van der Waals surface area contributed by atoms with Crippen LogP contribution in [-0.2, 0) is 9.53 Å². The quantitative estimate of drug-likeness (QED) is 0.521. The van der Waals surface area contributed by atoms with Gasteiger partial charge in [-0.05, 0) is 30.3 Å². The summed E-state index contributed by atoms with van der Waals surface area (Å²) < 4.78 is 5.07. The van der Waals surface area contributed by atoms with Crippen molar-refractivity contribution in [1.82, 2.24) is 0 Å². The molecule has 1 aliphatic heterocycles. The molecule has 29 heavy (non-hydrogen) atoms. The Kier molecular flexibility index (Phi) is 5.52. The topological polar surface area (TPSA) is 80.8 Å². The first-order chi connectivity index (χ1) is 13.5. The molecule has 0 aromatic heterocycles. The Labute approximate surface area is 177 Å². The first kappa shape index (κ1) is 21.0. The lowest BCUT2D eigenvalue weighted by Crippen LogP contribution is -2.29. The van der Waals surface area contributed by atoms with Gasteiger partial charge in [0.1, 0.15) is 0 Å². The predicted octanol–water partition coefficient (Wildman–Crippen LogP) is 4.57. The first-order valence-corrected chi connectivity index (χ1v) is 9.44. The fourth-order valence-corrected chi connectivity index (χ4v) is 3.00. The van der Waals surface area contributed by atoms with Crippen LogP contribution in [-0.4, -0.2) is 30.2 Å². The van der Waals surface area contributed by atoms with E-state index in [1.807, 2.05) is 0 Å². The number of rotatable bonds is 4. The lowest BCUT2D eigenvalue weighted by Gasteiger charge is -2.17. The smallest absolute Gasteiger partial charge is 0.338 e. The predicted molar refractivity (Wildman–Crippen MR) is 109 cm³/mol. The van der Waals surface area contributed by atoms with Gasteiger partial charge in [0.25, 0.3) is 11.8 Å². The van der Waals surface area contributed by atoms with Crippen molar-refractivity contribution in [3.8, 4) is 0 Å². The van der Waals surface area contributed by atoms with Gasteiger partial charge in [-0.25, -0.2) is 9.69 Å². The van der Waals surface area contributed by atoms with Gasteiger partial charge in [0.15, 0.2) is 12.4 Å². The Morgan fingerprint density at radius 1 is 0.966 bits per heavy atom. The molecule has 8 heteroatoms. The van der Waals surface area contributed by atoms with Crippen molar-refractivity contribution in [1.29, 1.82) is 0 Å². The minimum atomic E-state index is -0.729. The Morgan fingerprint density at radius 3 is 2.03 bits per heavy atom. The molecule has 0 N–H and O–H groups in total. The Hall–Kier alpha value is -2.70. The van der Waals surface area contributed by atoms with Crippen LogP contribution in [0.1, 0.15) is 51.8 Å². The van der Waals surface area contributed by atoms with Gasteiger partial charge in [-0.2, -0.15) is 0 Å². The molecule has 6 nitrogen and oxygen atoms in total. The SMILES string of the molecule is CC(C)(C)C(=O)COC(=O)c1cccc(N2C(=O)c3cc(Cl)c(Cl)cc3C2=O)c1. The van der Waals surface area contributed by atoms with E-state index < -0.39 is 23.2 Å². The lowest BCUT2D eigenvalue weighted by atomic mass is 9.91. The van der Waals surface area contributed by atoms with Gasteiger partial charge in [0, 0.05) is 5.41 Å². The third-order valence-electron chi connectivity index (χ3n) is 4.44. The number of halogens is 2. The van der Waals surface area contributed by atoms with Crippen LogP contribution in [0.4, 0.5) is 5.69 Å². The molecule has 2 aromatic carbocycles. The molecule has 0 saturated heterocycles. The Bertz CT molecular complexity index is 1010. The zero-order valence-electron chi connectivity index (χ0n) is 15.9. The van der Waals surface area contributed by atoms with E-state index in [0.717, 1.165) is 4.90 Å². The third-order valence-corrected chi connectivity index (χ3v) is 5.16. The standard InChI is InChI=1S/C21H17Cl2NO5/c1-21(2,3)17(25)10-29-20(28)11-5-4-6-12(7-11)24-18(26)13-8-15(22)16(23)9-14(13)19(24)27/h4-9H,10H2,1-3H3. The normalized spacial score (nSPS) is 13.5. The van der Waals surface area contributed by atoms with E-state index in [1.165, 1.54) is 36.4 Å². The van der Waals surface area contributed by atoms with Gasteiger partial charge in [-0.3, -0.25) is 14.4 Å². The molecule has 1 heterocycles. The molecular weight excluding hydrogens is 417 g/mol. The zero-order chi connectivity index (χ0) is 21.5. The molecule has 3 rings (SSSR count). The number of ketones is 1. The summed E-state index contributed by atoms with van der Waals surface area (Å²) in [4.78, 5) is 50.6. The first-order valence-electron chi connectivity index (χ1n) is 8.69. The van der Waals surface area contributed by atoms with E-state index in [0.29, 0.717) is 0 Å². The van der Waals surface area contributed by atoms with E-state index in [1.54, 1.807) is 20.8 Å². The number of nitrogens with zero attached hydrogens (tertiary/aromatic N) is 1. The average Bonchev–Trinajstić information content (AvgIpc) is 2.89. The van der Waals surface area contributed by atoms with E-state index in [-0.39, 0.29) is 44.8 Å². The molecule has 0 saturated carbocycles. The number of esters is 1. The second kappa shape index (κ2) is 7.61. The number of benzene rings is 2. The van der Waals surface area contributed by atoms with E-state index in [2.05, 4.69) is 0 Å². The number of hydrogen-bond donors (Lipinski definition) is 0. The lowest BCUT2D eigenvalue weighted by molar-refractivity contribution is -0.129. The molecule has 0 aliphatic carbocycles. The summed E-state index contributed by atoms with van der Waals surface area (Å²) >= 11 is 11.9. The summed E-state index contributed by atoms with van der Waals surface area (Å²) in [5, 5.41) is 0.323. The molecule has 0 unspecified atom stereocenters. The number of ether oxygens (including phenoxy) is 1. The maximum Gasteiger partial charge on any atom is 0.338 e. The summed E-state index contributed by atoms with van der Waals surface area (Å²) in [5.74, 6) is -2.10. The van der Waals surface area contributed by atoms with Crippen molar-refractivity contribution in [2.45, 2.75) is 20.8 Å². The Morgan fingerprint density at radius 2 is 1.52 bits per heavy atom. The number of fused-ring (bicyclic) bond motifs is 1. The van der Waals surface area contributed by atoms with Crippen LogP contribution in [0.5, 0.6) is 0 Å². The Balaban J connectivity index is 1.85. The third kappa shape index (κ3) is 4.04. The molecule has 0 radical (unpaired) electrons. The minimum absolute atomic E-state index is 0.108. The number of carbonyl (C=O) groups excluding carboxylic acids is 4. The van der Waals surface area contributed by atoms with Crippen LogP contribution in [0, 0.1) is 5.41 Å². The summed E-state index contributed by atoms with van der Waals surface area (Å²) in [7, 11) is 0. The monoisotopic (exact) mass is 433 g/mol. The number of anilines is 1. The van der Waals surface area contributed by atoms with Crippen molar-refractivity contribution in [3.05, 3.63) is 63.1 Å².